The number of sulfonamides is 1. The SMILES string of the molecule is CC(C)NCc1cc(S(=O)(=O)NC(C)C(C)(C)C)c[nH]1. The van der Waals surface area contributed by atoms with E-state index in [4.69, 9.17) is 0 Å². The third kappa shape index (κ3) is 4.92. The van der Waals surface area contributed by atoms with E-state index >= 15 is 0 Å². The number of rotatable bonds is 6. The van der Waals surface area contributed by atoms with E-state index in [1.807, 2.05) is 41.5 Å². The van der Waals surface area contributed by atoms with Gasteiger partial charge in [-0.05, 0) is 18.4 Å². The van der Waals surface area contributed by atoms with Crippen LogP contribution in [0.4, 0.5) is 0 Å². The van der Waals surface area contributed by atoms with Gasteiger partial charge in [0.25, 0.3) is 0 Å². The van der Waals surface area contributed by atoms with E-state index in [0.717, 1.165) is 5.69 Å². The molecule has 1 unspecified atom stereocenters. The quantitative estimate of drug-likeness (QED) is 0.754. The Morgan fingerprint density at radius 2 is 1.85 bits per heavy atom. The van der Waals surface area contributed by atoms with Crippen molar-refractivity contribution in [3.8, 4) is 0 Å². The number of nitrogens with one attached hydrogen (secondary N) is 3. The third-order valence-electron chi connectivity index (χ3n) is 3.36. The molecular formula is C14H27N3O2S. The highest BCUT2D eigenvalue weighted by atomic mass is 32.2. The molecule has 1 heterocycles. The van der Waals surface area contributed by atoms with Crippen LogP contribution >= 0.6 is 0 Å². The highest BCUT2D eigenvalue weighted by Gasteiger charge is 2.26. The molecule has 1 atom stereocenters. The van der Waals surface area contributed by atoms with E-state index in [2.05, 4.69) is 15.0 Å². The summed E-state index contributed by atoms with van der Waals surface area (Å²) in [7, 11) is -3.47. The summed E-state index contributed by atoms with van der Waals surface area (Å²) in [4.78, 5) is 3.28. The van der Waals surface area contributed by atoms with Crippen LogP contribution < -0.4 is 10.0 Å². The molecule has 116 valence electrons. The van der Waals surface area contributed by atoms with E-state index in [0.29, 0.717) is 12.6 Å². The average molecular weight is 301 g/mol. The van der Waals surface area contributed by atoms with Crippen molar-refractivity contribution in [1.82, 2.24) is 15.0 Å². The zero-order valence-corrected chi connectivity index (χ0v) is 14.1. The lowest BCUT2D eigenvalue weighted by Gasteiger charge is -2.27. The first-order valence-corrected chi connectivity index (χ1v) is 8.43. The van der Waals surface area contributed by atoms with Gasteiger partial charge in [0.1, 0.15) is 0 Å². The van der Waals surface area contributed by atoms with Crippen LogP contribution in [0.25, 0.3) is 0 Å². The van der Waals surface area contributed by atoms with Crippen molar-refractivity contribution in [2.45, 2.75) is 65.1 Å². The molecule has 0 aliphatic rings. The molecule has 5 nitrogen and oxygen atoms in total. The minimum atomic E-state index is -3.47. The second kappa shape index (κ2) is 6.28. The lowest BCUT2D eigenvalue weighted by Crippen LogP contribution is -2.41. The van der Waals surface area contributed by atoms with Crippen LogP contribution in [0.3, 0.4) is 0 Å². The number of H-pyrrole nitrogens is 1. The van der Waals surface area contributed by atoms with E-state index in [-0.39, 0.29) is 16.4 Å². The molecule has 0 aliphatic carbocycles. The van der Waals surface area contributed by atoms with E-state index in [1.54, 1.807) is 6.07 Å². The van der Waals surface area contributed by atoms with Gasteiger partial charge in [0.05, 0.1) is 4.90 Å². The second-order valence-corrected chi connectivity index (χ2v) is 8.32. The Morgan fingerprint density at radius 1 is 1.25 bits per heavy atom. The summed E-state index contributed by atoms with van der Waals surface area (Å²) in [6, 6.07) is 1.89. The molecule has 0 bridgehead atoms. The molecular weight excluding hydrogens is 274 g/mol. The molecule has 1 aromatic heterocycles. The lowest BCUT2D eigenvalue weighted by molar-refractivity contribution is 0.317. The zero-order valence-electron chi connectivity index (χ0n) is 13.2. The van der Waals surface area contributed by atoms with Gasteiger partial charge in [0.2, 0.25) is 10.0 Å². The van der Waals surface area contributed by atoms with Gasteiger partial charge in [-0.25, -0.2) is 13.1 Å². The maximum Gasteiger partial charge on any atom is 0.242 e. The smallest absolute Gasteiger partial charge is 0.242 e. The van der Waals surface area contributed by atoms with Crippen molar-refractivity contribution in [2.24, 2.45) is 5.41 Å². The van der Waals surface area contributed by atoms with Crippen LogP contribution in [0.15, 0.2) is 17.2 Å². The Bertz CT molecular complexity index is 527. The molecule has 0 radical (unpaired) electrons. The van der Waals surface area contributed by atoms with Crippen molar-refractivity contribution in [2.75, 3.05) is 0 Å². The van der Waals surface area contributed by atoms with Crippen LogP contribution in [0.2, 0.25) is 0 Å². The molecule has 0 saturated heterocycles. The van der Waals surface area contributed by atoms with Gasteiger partial charge in [0, 0.05) is 30.5 Å². The topological polar surface area (TPSA) is 74.0 Å². The molecule has 3 N–H and O–H groups in total. The average Bonchev–Trinajstić information content (AvgIpc) is 2.73. The van der Waals surface area contributed by atoms with Crippen LogP contribution in [0.1, 0.15) is 47.2 Å². The number of hydrogen-bond acceptors (Lipinski definition) is 3. The van der Waals surface area contributed by atoms with Crippen LogP contribution in [-0.4, -0.2) is 25.5 Å². The highest BCUT2D eigenvalue weighted by Crippen LogP contribution is 2.21. The van der Waals surface area contributed by atoms with Gasteiger partial charge < -0.3 is 10.3 Å². The van der Waals surface area contributed by atoms with E-state index in [9.17, 15) is 8.42 Å². The Morgan fingerprint density at radius 3 is 2.35 bits per heavy atom. The fourth-order valence-corrected chi connectivity index (χ4v) is 2.93. The predicted molar refractivity (Wildman–Crippen MR) is 82.0 cm³/mol. The molecule has 6 heteroatoms. The molecule has 0 saturated carbocycles. The largest absolute Gasteiger partial charge is 0.363 e. The molecule has 20 heavy (non-hydrogen) atoms. The Hall–Kier alpha value is -0.850. The Kier molecular flexibility index (Phi) is 5.40. The normalized spacial score (nSPS) is 14.8. The van der Waals surface area contributed by atoms with E-state index < -0.39 is 10.0 Å². The van der Waals surface area contributed by atoms with Gasteiger partial charge in [-0.2, -0.15) is 0 Å². The van der Waals surface area contributed by atoms with Gasteiger partial charge in [-0.1, -0.05) is 34.6 Å². The fraction of sp³-hybridized carbons (Fsp3) is 0.714. The zero-order chi connectivity index (χ0) is 15.6. The summed E-state index contributed by atoms with van der Waals surface area (Å²) >= 11 is 0. The fourth-order valence-electron chi connectivity index (χ4n) is 1.47. The summed E-state index contributed by atoms with van der Waals surface area (Å²) < 4.78 is 27.3. The first-order valence-electron chi connectivity index (χ1n) is 6.95. The molecule has 0 fully saturated rings. The summed E-state index contributed by atoms with van der Waals surface area (Å²) in [5.74, 6) is 0. The van der Waals surface area contributed by atoms with Crippen molar-refractivity contribution in [1.29, 1.82) is 0 Å². The van der Waals surface area contributed by atoms with Crippen molar-refractivity contribution < 1.29 is 8.42 Å². The summed E-state index contributed by atoms with van der Waals surface area (Å²) in [6.45, 7) is 12.6. The number of aromatic amines is 1. The first-order chi connectivity index (χ1) is 9.02. The Labute approximate surface area is 122 Å². The molecule has 1 aromatic rings. The predicted octanol–water partition coefficient (Wildman–Crippen LogP) is 2.23. The summed E-state index contributed by atoms with van der Waals surface area (Å²) in [5.41, 5.74) is 0.744. The maximum absolute atomic E-state index is 12.3. The van der Waals surface area contributed by atoms with Crippen molar-refractivity contribution in [3.05, 3.63) is 18.0 Å². The monoisotopic (exact) mass is 301 g/mol. The molecule has 0 aliphatic heterocycles. The van der Waals surface area contributed by atoms with Crippen molar-refractivity contribution >= 4 is 10.0 Å². The Balaban J connectivity index is 2.78. The second-order valence-electron chi connectivity index (χ2n) is 6.61. The van der Waals surface area contributed by atoms with Crippen LogP contribution in [0, 0.1) is 5.41 Å². The molecule has 0 spiro atoms. The van der Waals surface area contributed by atoms with Crippen LogP contribution in [-0.2, 0) is 16.6 Å². The van der Waals surface area contributed by atoms with Crippen LogP contribution in [0.5, 0.6) is 0 Å². The third-order valence-corrected chi connectivity index (χ3v) is 4.88. The van der Waals surface area contributed by atoms with E-state index in [1.165, 1.54) is 6.20 Å². The summed E-state index contributed by atoms with van der Waals surface area (Å²) in [5, 5.41) is 3.25. The highest BCUT2D eigenvalue weighted by molar-refractivity contribution is 7.89. The van der Waals surface area contributed by atoms with Gasteiger partial charge in [0.15, 0.2) is 0 Å². The lowest BCUT2D eigenvalue weighted by atomic mass is 9.89. The molecule has 1 rings (SSSR count). The molecule has 0 amide bonds. The molecule has 0 aromatic carbocycles. The minimum Gasteiger partial charge on any atom is -0.363 e. The summed E-state index contributed by atoms with van der Waals surface area (Å²) in [6.07, 6.45) is 1.54. The standard InChI is InChI=1S/C14H27N3O2S/c1-10(2)15-8-12-7-13(9-16-12)20(18,19)17-11(3)14(4,5)6/h7,9-11,15-17H,8H2,1-6H3. The van der Waals surface area contributed by atoms with Crippen molar-refractivity contribution in [3.63, 3.8) is 0 Å². The van der Waals surface area contributed by atoms with Gasteiger partial charge >= 0.3 is 0 Å². The maximum atomic E-state index is 12.3. The van der Waals surface area contributed by atoms with Gasteiger partial charge in [-0.15, -0.1) is 0 Å². The first kappa shape index (κ1) is 17.2. The van der Waals surface area contributed by atoms with Gasteiger partial charge in [-0.3, -0.25) is 0 Å². The number of aromatic nitrogens is 1. The number of hydrogen-bond donors (Lipinski definition) is 3. The minimum absolute atomic E-state index is 0.120.